The van der Waals surface area contributed by atoms with E-state index in [0.717, 1.165) is 24.8 Å². The normalized spacial score (nSPS) is 33.3. The second kappa shape index (κ2) is 5.31. The minimum atomic E-state index is 0.427. The molecule has 1 N–H and O–H groups in total. The standard InChI is InChI=1S/C19H29NO/c1-14-6-5-7-16(12-14)21-11-10-20-17-18(2,3)15-8-9-19(17,4)13-15/h5-7,12,15,17,20H,8-11,13H2,1-4H3. The number of aryl methyl sites for hydroxylation is 1. The molecule has 0 aliphatic heterocycles. The summed E-state index contributed by atoms with van der Waals surface area (Å²) in [5, 5.41) is 3.80. The molecule has 1 aromatic rings. The molecule has 2 aliphatic rings. The van der Waals surface area contributed by atoms with E-state index in [0.29, 0.717) is 16.9 Å². The zero-order valence-electron chi connectivity index (χ0n) is 13.9. The molecule has 2 nitrogen and oxygen atoms in total. The number of hydrogen-bond donors (Lipinski definition) is 1. The van der Waals surface area contributed by atoms with Crippen LogP contribution in [0.5, 0.6) is 5.75 Å². The largest absolute Gasteiger partial charge is 0.492 e. The maximum atomic E-state index is 5.87. The van der Waals surface area contributed by atoms with Gasteiger partial charge in [-0.05, 0) is 60.6 Å². The van der Waals surface area contributed by atoms with Gasteiger partial charge >= 0.3 is 0 Å². The van der Waals surface area contributed by atoms with Crippen LogP contribution < -0.4 is 10.1 Å². The second-order valence-corrected chi connectivity index (χ2v) is 7.97. The predicted molar refractivity (Wildman–Crippen MR) is 87.7 cm³/mol. The lowest BCUT2D eigenvalue weighted by Crippen LogP contribution is -2.51. The zero-order valence-corrected chi connectivity index (χ0v) is 13.9. The zero-order chi connectivity index (χ0) is 15.1. The SMILES string of the molecule is Cc1cccc(OCCNC2C3(C)CCC(C3)C2(C)C)c1. The predicted octanol–water partition coefficient (Wildman–Crippen LogP) is 4.18. The van der Waals surface area contributed by atoms with Gasteiger partial charge in [-0.15, -0.1) is 0 Å². The highest BCUT2D eigenvalue weighted by molar-refractivity contribution is 5.27. The van der Waals surface area contributed by atoms with Crippen molar-refractivity contribution in [3.63, 3.8) is 0 Å². The molecule has 2 saturated carbocycles. The fraction of sp³-hybridized carbons (Fsp3) is 0.684. The van der Waals surface area contributed by atoms with E-state index in [9.17, 15) is 0 Å². The molecule has 2 heteroatoms. The molecule has 0 spiro atoms. The first-order valence-electron chi connectivity index (χ1n) is 8.35. The molecule has 0 radical (unpaired) electrons. The van der Waals surface area contributed by atoms with Gasteiger partial charge in [-0.1, -0.05) is 32.9 Å². The molecule has 0 aromatic heterocycles. The summed E-state index contributed by atoms with van der Waals surface area (Å²) in [5.74, 6) is 1.88. The van der Waals surface area contributed by atoms with Crippen molar-refractivity contribution in [2.45, 2.75) is 53.0 Å². The van der Waals surface area contributed by atoms with Crippen LogP contribution in [-0.4, -0.2) is 19.2 Å². The fourth-order valence-electron chi connectivity index (χ4n) is 4.89. The second-order valence-electron chi connectivity index (χ2n) is 7.97. The van der Waals surface area contributed by atoms with E-state index >= 15 is 0 Å². The van der Waals surface area contributed by atoms with Crippen molar-refractivity contribution in [1.29, 1.82) is 0 Å². The van der Waals surface area contributed by atoms with Crippen molar-refractivity contribution < 1.29 is 4.74 Å². The molecule has 0 saturated heterocycles. The smallest absolute Gasteiger partial charge is 0.119 e. The first kappa shape index (κ1) is 14.9. The van der Waals surface area contributed by atoms with Crippen molar-refractivity contribution >= 4 is 0 Å². The highest BCUT2D eigenvalue weighted by atomic mass is 16.5. The monoisotopic (exact) mass is 287 g/mol. The molecule has 116 valence electrons. The highest BCUT2D eigenvalue weighted by Gasteiger charge is 2.58. The van der Waals surface area contributed by atoms with Crippen molar-refractivity contribution in [1.82, 2.24) is 5.32 Å². The summed E-state index contributed by atoms with van der Waals surface area (Å²) in [6, 6.07) is 8.92. The van der Waals surface area contributed by atoms with Crippen molar-refractivity contribution in [2.75, 3.05) is 13.2 Å². The van der Waals surface area contributed by atoms with E-state index in [1.54, 1.807) is 0 Å². The van der Waals surface area contributed by atoms with Crippen molar-refractivity contribution in [3.05, 3.63) is 29.8 Å². The Morgan fingerprint density at radius 2 is 2.10 bits per heavy atom. The Bertz CT molecular complexity index is 505. The third-order valence-electron chi connectivity index (χ3n) is 5.98. The Labute approximate surface area is 129 Å². The van der Waals surface area contributed by atoms with Gasteiger partial charge in [0.1, 0.15) is 12.4 Å². The molecule has 1 aromatic carbocycles. The Morgan fingerprint density at radius 1 is 1.29 bits per heavy atom. The number of ether oxygens (including phenoxy) is 1. The summed E-state index contributed by atoms with van der Waals surface area (Å²) in [5.41, 5.74) is 2.18. The maximum Gasteiger partial charge on any atom is 0.119 e. The number of benzene rings is 1. The van der Waals surface area contributed by atoms with Crippen LogP contribution in [-0.2, 0) is 0 Å². The average Bonchev–Trinajstić information content (AvgIpc) is 2.89. The lowest BCUT2D eigenvalue weighted by molar-refractivity contribution is 0.105. The molecule has 3 unspecified atom stereocenters. The molecular weight excluding hydrogens is 258 g/mol. The van der Waals surface area contributed by atoms with Gasteiger partial charge in [-0.2, -0.15) is 0 Å². The van der Waals surface area contributed by atoms with Crippen LogP contribution in [0.3, 0.4) is 0 Å². The summed E-state index contributed by atoms with van der Waals surface area (Å²) in [7, 11) is 0. The van der Waals surface area contributed by atoms with E-state index in [1.165, 1.54) is 24.8 Å². The molecule has 2 aliphatic carbocycles. The highest BCUT2D eigenvalue weighted by Crippen LogP contribution is 2.62. The fourth-order valence-corrected chi connectivity index (χ4v) is 4.89. The maximum absolute atomic E-state index is 5.87. The van der Waals surface area contributed by atoms with E-state index in [4.69, 9.17) is 4.74 Å². The van der Waals surface area contributed by atoms with E-state index < -0.39 is 0 Å². The lowest BCUT2D eigenvalue weighted by Gasteiger charge is -2.43. The van der Waals surface area contributed by atoms with E-state index in [2.05, 4.69) is 51.2 Å². The number of fused-ring (bicyclic) bond motifs is 2. The molecule has 3 rings (SSSR count). The Hall–Kier alpha value is -1.02. The lowest BCUT2D eigenvalue weighted by atomic mass is 9.68. The van der Waals surface area contributed by atoms with Crippen LogP contribution in [0.25, 0.3) is 0 Å². The summed E-state index contributed by atoms with van der Waals surface area (Å²) < 4.78 is 5.87. The van der Waals surface area contributed by atoms with Gasteiger partial charge in [-0.3, -0.25) is 0 Å². The molecular formula is C19H29NO. The third-order valence-corrected chi connectivity index (χ3v) is 5.98. The topological polar surface area (TPSA) is 21.3 Å². The Balaban J connectivity index is 1.52. The average molecular weight is 287 g/mol. The van der Waals surface area contributed by atoms with Crippen LogP contribution in [0, 0.1) is 23.7 Å². The Kier molecular flexibility index (Phi) is 3.77. The van der Waals surface area contributed by atoms with E-state index in [1.807, 2.05) is 6.07 Å². The van der Waals surface area contributed by atoms with Gasteiger partial charge in [0.2, 0.25) is 0 Å². The van der Waals surface area contributed by atoms with Crippen LogP contribution in [0.1, 0.15) is 45.6 Å². The first-order valence-corrected chi connectivity index (χ1v) is 8.35. The van der Waals surface area contributed by atoms with Gasteiger partial charge in [0.25, 0.3) is 0 Å². The molecule has 0 amide bonds. The van der Waals surface area contributed by atoms with Gasteiger partial charge < -0.3 is 10.1 Å². The van der Waals surface area contributed by atoms with Gasteiger partial charge in [0, 0.05) is 12.6 Å². The summed E-state index contributed by atoms with van der Waals surface area (Å²) in [6.45, 7) is 11.1. The molecule has 0 heterocycles. The molecule has 2 bridgehead atoms. The van der Waals surface area contributed by atoms with Gasteiger partial charge in [0.05, 0.1) is 0 Å². The number of rotatable bonds is 5. The van der Waals surface area contributed by atoms with Crippen LogP contribution in [0.2, 0.25) is 0 Å². The summed E-state index contributed by atoms with van der Waals surface area (Å²) in [4.78, 5) is 0. The first-order chi connectivity index (χ1) is 9.92. The third kappa shape index (κ3) is 2.70. The van der Waals surface area contributed by atoms with Crippen molar-refractivity contribution in [3.8, 4) is 5.75 Å². The van der Waals surface area contributed by atoms with Crippen LogP contribution >= 0.6 is 0 Å². The van der Waals surface area contributed by atoms with Crippen LogP contribution in [0.4, 0.5) is 0 Å². The van der Waals surface area contributed by atoms with E-state index in [-0.39, 0.29) is 0 Å². The molecule has 21 heavy (non-hydrogen) atoms. The number of hydrogen-bond acceptors (Lipinski definition) is 2. The van der Waals surface area contributed by atoms with Crippen molar-refractivity contribution in [2.24, 2.45) is 16.7 Å². The molecule has 2 fully saturated rings. The number of nitrogens with one attached hydrogen (secondary N) is 1. The minimum Gasteiger partial charge on any atom is -0.492 e. The molecule has 3 atom stereocenters. The summed E-state index contributed by atoms with van der Waals surface area (Å²) >= 11 is 0. The minimum absolute atomic E-state index is 0.427. The summed E-state index contributed by atoms with van der Waals surface area (Å²) in [6.07, 6.45) is 4.20. The van der Waals surface area contributed by atoms with Gasteiger partial charge in [-0.25, -0.2) is 0 Å². The van der Waals surface area contributed by atoms with Crippen LogP contribution in [0.15, 0.2) is 24.3 Å². The Morgan fingerprint density at radius 3 is 2.76 bits per heavy atom. The van der Waals surface area contributed by atoms with Gasteiger partial charge in [0.15, 0.2) is 0 Å². The quantitative estimate of drug-likeness (QED) is 0.820.